The van der Waals surface area contributed by atoms with Gasteiger partial charge in [0.25, 0.3) is 0 Å². The van der Waals surface area contributed by atoms with Crippen molar-refractivity contribution in [3.05, 3.63) is 48.1 Å². The highest BCUT2D eigenvalue weighted by atomic mass is 19.1. The molecule has 1 saturated carbocycles. The first-order valence-corrected chi connectivity index (χ1v) is 6.75. The van der Waals surface area contributed by atoms with Crippen molar-refractivity contribution in [2.75, 3.05) is 11.1 Å². The van der Waals surface area contributed by atoms with Crippen molar-refractivity contribution in [3.8, 4) is 0 Å². The van der Waals surface area contributed by atoms with Crippen LogP contribution in [0.2, 0.25) is 0 Å². The lowest BCUT2D eigenvalue weighted by atomic mass is 10.2. The number of nitrogens with one attached hydrogen (secondary N) is 1. The van der Waals surface area contributed by atoms with Gasteiger partial charge in [-0.05, 0) is 31.9 Å². The van der Waals surface area contributed by atoms with Crippen LogP contribution in [0.1, 0.15) is 18.5 Å². The molecule has 0 radical (unpaired) electrons. The Morgan fingerprint density at radius 1 is 1.32 bits per heavy atom. The highest BCUT2D eigenvalue weighted by molar-refractivity contribution is 5.94. The zero-order chi connectivity index (χ0) is 16.1. The van der Waals surface area contributed by atoms with Gasteiger partial charge in [-0.25, -0.2) is 18.7 Å². The number of anilines is 2. The SMILES string of the molecule is Cc1ccncn1.Nc1cc(NC(=O)C2CC2)c(F)cc1F. The molecule has 0 aliphatic heterocycles. The summed E-state index contributed by atoms with van der Waals surface area (Å²) in [6.45, 7) is 1.93. The normalized spacial score (nSPS) is 13.0. The first-order valence-electron chi connectivity index (χ1n) is 6.75. The molecule has 3 N–H and O–H groups in total. The molecule has 1 aliphatic carbocycles. The van der Waals surface area contributed by atoms with E-state index in [0.717, 1.165) is 24.6 Å². The molecule has 1 aromatic heterocycles. The van der Waals surface area contributed by atoms with E-state index in [0.29, 0.717) is 6.07 Å². The maximum absolute atomic E-state index is 13.2. The number of rotatable bonds is 2. The molecule has 0 bridgehead atoms. The predicted octanol–water partition coefficient (Wildman–Crippen LogP) is 2.68. The van der Waals surface area contributed by atoms with E-state index in [2.05, 4.69) is 15.3 Å². The number of nitrogens with two attached hydrogens (primary N) is 1. The van der Waals surface area contributed by atoms with Gasteiger partial charge in [-0.2, -0.15) is 0 Å². The maximum atomic E-state index is 13.2. The molecule has 22 heavy (non-hydrogen) atoms. The van der Waals surface area contributed by atoms with Crippen LogP contribution < -0.4 is 11.1 Å². The summed E-state index contributed by atoms with van der Waals surface area (Å²) in [5, 5.41) is 2.38. The van der Waals surface area contributed by atoms with Gasteiger partial charge in [-0.1, -0.05) is 0 Å². The van der Waals surface area contributed by atoms with E-state index in [4.69, 9.17) is 5.73 Å². The number of nitrogens with zero attached hydrogens (tertiary/aromatic N) is 2. The number of benzene rings is 1. The van der Waals surface area contributed by atoms with E-state index in [1.54, 1.807) is 6.20 Å². The van der Waals surface area contributed by atoms with Crippen LogP contribution >= 0.6 is 0 Å². The molecule has 1 aromatic carbocycles. The third kappa shape index (κ3) is 4.47. The van der Waals surface area contributed by atoms with Gasteiger partial charge in [0.15, 0.2) is 0 Å². The lowest BCUT2D eigenvalue weighted by molar-refractivity contribution is -0.117. The molecule has 1 aliphatic rings. The van der Waals surface area contributed by atoms with Gasteiger partial charge in [-0.15, -0.1) is 0 Å². The highest BCUT2D eigenvalue weighted by Crippen LogP contribution is 2.31. The monoisotopic (exact) mass is 306 g/mol. The Bertz CT molecular complexity index is 660. The Morgan fingerprint density at radius 3 is 2.55 bits per heavy atom. The first-order chi connectivity index (χ1) is 10.5. The van der Waals surface area contributed by atoms with Crippen LogP contribution in [0.25, 0.3) is 0 Å². The zero-order valence-electron chi connectivity index (χ0n) is 12.0. The minimum absolute atomic E-state index is 0.0318. The van der Waals surface area contributed by atoms with Crippen LogP contribution in [-0.2, 0) is 4.79 Å². The molecule has 3 rings (SSSR count). The summed E-state index contributed by atoms with van der Waals surface area (Å²) in [6.07, 6.45) is 4.91. The summed E-state index contributed by atoms with van der Waals surface area (Å²) in [5.41, 5.74) is 6.03. The summed E-state index contributed by atoms with van der Waals surface area (Å²) in [6, 6.07) is 3.61. The fourth-order valence-corrected chi connectivity index (χ4v) is 1.60. The molecule has 0 atom stereocenters. The summed E-state index contributed by atoms with van der Waals surface area (Å²) in [4.78, 5) is 18.9. The van der Waals surface area contributed by atoms with Gasteiger partial charge in [-0.3, -0.25) is 4.79 Å². The Morgan fingerprint density at radius 2 is 2.05 bits per heavy atom. The average Bonchev–Trinajstić information content (AvgIpc) is 3.31. The van der Waals surface area contributed by atoms with E-state index < -0.39 is 11.6 Å². The molecule has 1 fully saturated rings. The molecule has 0 spiro atoms. The van der Waals surface area contributed by atoms with E-state index >= 15 is 0 Å². The molecular formula is C15H16F2N4O. The van der Waals surface area contributed by atoms with Crippen LogP contribution in [0.3, 0.4) is 0 Å². The fourth-order valence-electron chi connectivity index (χ4n) is 1.60. The summed E-state index contributed by atoms with van der Waals surface area (Å²) < 4.78 is 26.0. The number of nitrogen functional groups attached to an aromatic ring is 1. The van der Waals surface area contributed by atoms with Crippen molar-refractivity contribution in [1.29, 1.82) is 0 Å². The number of amides is 1. The van der Waals surface area contributed by atoms with E-state index in [-0.39, 0.29) is 23.2 Å². The number of hydrogen-bond donors (Lipinski definition) is 2. The average molecular weight is 306 g/mol. The first kappa shape index (κ1) is 15.8. The molecule has 1 amide bonds. The van der Waals surface area contributed by atoms with Gasteiger partial charge in [0.05, 0.1) is 11.4 Å². The van der Waals surface area contributed by atoms with Crippen molar-refractivity contribution in [3.63, 3.8) is 0 Å². The molecule has 5 nitrogen and oxygen atoms in total. The smallest absolute Gasteiger partial charge is 0.227 e. The molecule has 1 heterocycles. The van der Waals surface area contributed by atoms with Crippen molar-refractivity contribution >= 4 is 17.3 Å². The second-order valence-electron chi connectivity index (χ2n) is 4.97. The fraction of sp³-hybridized carbons (Fsp3) is 0.267. The van der Waals surface area contributed by atoms with E-state index in [1.165, 1.54) is 6.33 Å². The molecule has 2 aromatic rings. The van der Waals surface area contributed by atoms with Crippen LogP contribution in [0, 0.1) is 24.5 Å². The number of aromatic nitrogens is 2. The minimum atomic E-state index is -0.822. The Kier molecular flexibility index (Phi) is 4.98. The largest absolute Gasteiger partial charge is 0.396 e. The van der Waals surface area contributed by atoms with E-state index in [9.17, 15) is 13.6 Å². The quantitative estimate of drug-likeness (QED) is 0.836. The maximum Gasteiger partial charge on any atom is 0.227 e. The number of carbonyl (C=O) groups is 1. The molecule has 0 unspecified atom stereocenters. The standard InChI is InChI=1S/C10H10F2N2O.C5H6N2/c11-6-3-7(12)9(4-8(6)13)14-10(15)5-1-2-5;1-5-2-3-6-4-7-5/h3-5H,1-2,13H2,(H,14,15);2-4H,1H3. The van der Waals surface area contributed by atoms with Crippen LogP contribution in [-0.4, -0.2) is 15.9 Å². The number of hydrogen-bond acceptors (Lipinski definition) is 4. The van der Waals surface area contributed by atoms with Crippen LogP contribution in [0.15, 0.2) is 30.7 Å². The van der Waals surface area contributed by atoms with Crippen molar-refractivity contribution < 1.29 is 13.6 Å². The van der Waals surface area contributed by atoms with Gasteiger partial charge in [0.2, 0.25) is 5.91 Å². The predicted molar refractivity (Wildman–Crippen MR) is 78.9 cm³/mol. The minimum Gasteiger partial charge on any atom is -0.396 e. The number of carbonyl (C=O) groups excluding carboxylic acids is 1. The Labute approximate surface area is 126 Å². The van der Waals surface area contributed by atoms with Gasteiger partial charge in [0, 0.05) is 23.9 Å². The van der Waals surface area contributed by atoms with Gasteiger partial charge < -0.3 is 11.1 Å². The van der Waals surface area contributed by atoms with Crippen LogP contribution in [0.5, 0.6) is 0 Å². The van der Waals surface area contributed by atoms with E-state index in [1.807, 2.05) is 13.0 Å². The lowest BCUT2D eigenvalue weighted by Gasteiger charge is -2.07. The van der Waals surface area contributed by atoms with Crippen molar-refractivity contribution in [1.82, 2.24) is 9.97 Å². The summed E-state index contributed by atoms with van der Waals surface area (Å²) >= 11 is 0. The lowest BCUT2D eigenvalue weighted by Crippen LogP contribution is -2.14. The molecular weight excluding hydrogens is 290 g/mol. The Hall–Kier alpha value is -2.57. The molecule has 116 valence electrons. The Balaban J connectivity index is 0.000000211. The number of aryl methyl sites for hydroxylation is 1. The second kappa shape index (κ2) is 6.93. The second-order valence-corrected chi connectivity index (χ2v) is 4.97. The zero-order valence-corrected chi connectivity index (χ0v) is 12.0. The van der Waals surface area contributed by atoms with Crippen LogP contribution in [0.4, 0.5) is 20.2 Å². The van der Waals surface area contributed by atoms with Gasteiger partial charge in [0.1, 0.15) is 18.0 Å². The summed E-state index contributed by atoms with van der Waals surface area (Å²) in [5.74, 6) is -1.90. The third-order valence-corrected chi connectivity index (χ3v) is 3.02. The van der Waals surface area contributed by atoms with Crippen molar-refractivity contribution in [2.24, 2.45) is 5.92 Å². The van der Waals surface area contributed by atoms with Gasteiger partial charge >= 0.3 is 0 Å². The van der Waals surface area contributed by atoms with Crippen molar-refractivity contribution in [2.45, 2.75) is 19.8 Å². The number of halogens is 2. The molecule has 0 saturated heterocycles. The summed E-state index contributed by atoms with van der Waals surface area (Å²) in [7, 11) is 0. The molecule has 7 heteroatoms. The topological polar surface area (TPSA) is 80.9 Å². The third-order valence-electron chi connectivity index (χ3n) is 3.02. The highest BCUT2D eigenvalue weighted by Gasteiger charge is 2.30.